The highest BCUT2D eigenvalue weighted by atomic mass is 35.5. The minimum atomic E-state index is -4.00. The lowest BCUT2D eigenvalue weighted by Crippen LogP contribution is -2.50. The van der Waals surface area contributed by atoms with Crippen molar-refractivity contribution in [2.45, 2.75) is 30.9 Å². The van der Waals surface area contributed by atoms with Crippen LogP contribution in [-0.2, 0) is 21.1 Å². The van der Waals surface area contributed by atoms with E-state index in [9.17, 15) is 13.2 Å². The molecule has 1 amide bonds. The molecule has 0 fully saturated rings. The summed E-state index contributed by atoms with van der Waals surface area (Å²) in [5.74, 6) is -1.25. The summed E-state index contributed by atoms with van der Waals surface area (Å²) in [6.45, 7) is 0.852. The van der Waals surface area contributed by atoms with Crippen LogP contribution in [0.15, 0.2) is 33.9 Å². The van der Waals surface area contributed by atoms with E-state index in [1.165, 1.54) is 6.07 Å². The molecule has 0 bridgehead atoms. The van der Waals surface area contributed by atoms with E-state index in [-0.39, 0.29) is 5.89 Å². The molecular weight excluding hydrogens is 368 g/mol. The largest absolute Gasteiger partial charge is 0.413 e. The van der Waals surface area contributed by atoms with E-state index in [4.69, 9.17) is 16.0 Å². The lowest BCUT2D eigenvalue weighted by molar-refractivity contribution is -0.368. The van der Waals surface area contributed by atoms with E-state index in [0.29, 0.717) is 17.1 Å². The maximum Gasteiger partial charge on any atom is 0.336 e. The number of aryl methyl sites for hydroxylation is 1. The topological polar surface area (TPSA) is 130 Å². The first kappa shape index (κ1) is 19.4. The maximum absolute atomic E-state index is 12.2. The van der Waals surface area contributed by atoms with Crippen LogP contribution < -0.4 is 11.1 Å². The van der Waals surface area contributed by atoms with E-state index in [2.05, 4.69) is 21.2 Å². The molecule has 8 nitrogen and oxygen atoms in total. The van der Waals surface area contributed by atoms with Crippen molar-refractivity contribution >= 4 is 33.0 Å². The lowest BCUT2D eigenvalue weighted by Gasteiger charge is -2.04. The number of hydrogen-bond acceptors (Lipinski definition) is 6. The first-order valence-corrected chi connectivity index (χ1v) is 9.83. The molecule has 0 atom stereocenters. The van der Waals surface area contributed by atoms with Crippen molar-refractivity contribution in [3.05, 3.63) is 35.2 Å². The van der Waals surface area contributed by atoms with Gasteiger partial charge in [-0.05, 0) is 37.5 Å². The lowest BCUT2D eigenvalue weighted by atomic mass is 10.2. The van der Waals surface area contributed by atoms with E-state index in [1.54, 1.807) is 18.2 Å². The number of carbonyl (C=O) groups is 1. The van der Waals surface area contributed by atoms with Gasteiger partial charge in [-0.15, -0.1) is 5.10 Å². The number of rotatable bonds is 9. The van der Waals surface area contributed by atoms with Crippen molar-refractivity contribution in [2.24, 2.45) is 0 Å². The summed E-state index contributed by atoms with van der Waals surface area (Å²) in [4.78, 5) is 11.9. The van der Waals surface area contributed by atoms with Crippen LogP contribution in [0.3, 0.4) is 0 Å². The Kier molecular flexibility index (Phi) is 6.91. The number of nitrogens with one attached hydrogen (secondary N) is 1. The Hall–Kier alpha value is -1.97. The molecule has 0 aliphatic heterocycles. The number of carbonyl (C=O) groups excluding carboxylic acids is 1. The molecule has 1 aromatic heterocycles. The zero-order valence-electron chi connectivity index (χ0n) is 13.6. The Morgan fingerprint density at radius 1 is 1.24 bits per heavy atom. The van der Waals surface area contributed by atoms with Gasteiger partial charge in [0.1, 0.15) is 5.75 Å². The minimum Gasteiger partial charge on any atom is -0.413 e. The number of aromatic nitrogens is 2. The zero-order valence-corrected chi connectivity index (χ0v) is 15.1. The number of hydrogen-bond donors (Lipinski definition) is 2. The van der Waals surface area contributed by atoms with Crippen LogP contribution in [0.1, 0.15) is 25.2 Å². The molecule has 0 spiro atoms. The fourth-order valence-corrected chi connectivity index (χ4v) is 3.21. The molecule has 4 N–H and O–H groups in total. The minimum absolute atomic E-state index is 0.248. The molecule has 0 aliphatic rings. The summed E-state index contributed by atoms with van der Waals surface area (Å²) < 4.78 is 29.6. The van der Waals surface area contributed by atoms with Crippen molar-refractivity contribution in [3.63, 3.8) is 0 Å². The number of anilines is 1. The third-order valence-electron chi connectivity index (χ3n) is 3.28. The SMILES string of the molecule is [NH3+]CCCCCc1nnc(S(=O)(=O)CC(=O)Nc2cccc(Cl)c2)o1. The third-order valence-corrected chi connectivity index (χ3v) is 4.86. The van der Waals surface area contributed by atoms with Gasteiger partial charge in [-0.2, -0.15) is 0 Å². The molecular formula is C15H20ClN4O4S+. The van der Waals surface area contributed by atoms with E-state index >= 15 is 0 Å². The van der Waals surface area contributed by atoms with Crippen molar-refractivity contribution in [1.29, 1.82) is 0 Å². The monoisotopic (exact) mass is 387 g/mol. The van der Waals surface area contributed by atoms with Gasteiger partial charge in [-0.25, -0.2) is 8.42 Å². The predicted molar refractivity (Wildman–Crippen MR) is 91.7 cm³/mol. The van der Waals surface area contributed by atoms with Crippen molar-refractivity contribution in [1.82, 2.24) is 10.2 Å². The highest BCUT2D eigenvalue weighted by Crippen LogP contribution is 2.16. The summed E-state index contributed by atoms with van der Waals surface area (Å²) in [5, 5.41) is 9.62. The molecule has 1 aromatic carbocycles. The molecule has 0 radical (unpaired) electrons. The van der Waals surface area contributed by atoms with Gasteiger partial charge < -0.3 is 15.5 Å². The summed E-state index contributed by atoms with van der Waals surface area (Å²) >= 11 is 5.82. The van der Waals surface area contributed by atoms with Crippen molar-refractivity contribution in [2.75, 3.05) is 17.6 Å². The van der Waals surface area contributed by atoms with Crippen LogP contribution >= 0.6 is 11.6 Å². The van der Waals surface area contributed by atoms with Gasteiger partial charge in [0.2, 0.25) is 21.6 Å². The summed E-state index contributed by atoms with van der Waals surface area (Å²) in [5.41, 5.74) is 4.16. The highest BCUT2D eigenvalue weighted by molar-refractivity contribution is 7.91. The first-order valence-electron chi connectivity index (χ1n) is 7.80. The van der Waals surface area contributed by atoms with Crippen LogP contribution in [0.25, 0.3) is 0 Å². The number of amides is 1. The fourth-order valence-electron chi connectivity index (χ4n) is 2.09. The van der Waals surface area contributed by atoms with E-state index in [0.717, 1.165) is 25.8 Å². The van der Waals surface area contributed by atoms with Crippen LogP contribution in [0.4, 0.5) is 5.69 Å². The number of sulfone groups is 1. The average molecular weight is 388 g/mol. The molecule has 0 saturated carbocycles. The maximum atomic E-state index is 12.2. The predicted octanol–water partition coefficient (Wildman–Crippen LogP) is 1.09. The van der Waals surface area contributed by atoms with Crippen LogP contribution in [0.5, 0.6) is 0 Å². The average Bonchev–Trinajstić information content (AvgIpc) is 3.01. The molecule has 0 unspecified atom stereocenters. The van der Waals surface area contributed by atoms with Gasteiger partial charge in [0.25, 0.3) is 0 Å². The summed E-state index contributed by atoms with van der Waals surface area (Å²) in [6.07, 6.45) is 3.25. The Bertz CT molecular complexity index is 822. The van der Waals surface area contributed by atoms with Gasteiger partial charge in [0.05, 0.1) is 6.54 Å². The second-order valence-electron chi connectivity index (χ2n) is 5.44. The van der Waals surface area contributed by atoms with Gasteiger partial charge in [-0.1, -0.05) is 22.8 Å². The number of nitrogens with zero attached hydrogens (tertiary/aromatic N) is 2. The number of unbranched alkanes of at least 4 members (excludes halogenated alkanes) is 2. The second-order valence-corrected chi connectivity index (χ2v) is 7.75. The second kappa shape index (κ2) is 8.93. The Balaban J connectivity index is 1.94. The normalized spacial score (nSPS) is 11.4. The first-order chi connectivity index (χ1) is 11.9. The third kappa shape index (κ3) is 6.11. The van der Waals surface area contributed by atoms with Gasteiger partial charge in [0, 0.05) is 17.1 Å². The standard InChI is InChI=1S/C15H19ClN4O4S/c16-11-5-4-6-12(9-11)18-13(21)10-25(22,23)15-20-19-14(24-15)7-2-1-3-8-17/h4-6,9H,1-3,7-8,10,17H2,(H,18,21)/p+1. The molecule has 2 rings (SSSR count). The molecule has 2 aromatic rings. The van der Waals surface area contributed by atoms with Crippen molar-refractivity contribution < 1.29 is 23.4 Å². The Morgan fingerprint density at radius 2 is 2.04 bits per heavy atom. The number of quaternary nitrogens is 1. The molecule has 25 heavy (non-hydrogen) atoms. The Labute approximate surface area is 150 Å². The molecule has 0 saturated heterocycles. The van der Waals surface area contributed by atoms with E-state index < -0.39 is 26.7 Å². The zero-order chi connectivity index (χ0) is 18.3. The smallest absolute Gasteiger partial charge is 0.336 e. The molecule has 0 aliphatic carbocycles. The molecule has 10 heteroatoms. The fraction of sp³-hybridized carbons (Fsp3) is 0.400. The Morgan fingerprint density at radius 3 is 2.76 bits per heavy atom. The molecule has 136 valence electrons. The van der Waals surface area contributed by atoms with Crippen LogP contribution in [-0.4, -0.2) is 36.8 Å². The van der Waals surface area contributed by atoms with E-state index in [1.807, 2.05) is 0 Å². The van der Waals surface area contributed by atoms with Gasteiger partial charge >= 0.3 is 5.22 Å². The van der Waals surface area contributed by atoms with Crippen molar-refractivity contribution in [3.8, 4) is 0 Å². The number of halogens is 1. The van der Waals surface area contributed by atoms with Crippen LogP contribution in [0, 0.1) is 0 Å². The molecule has 1 heterocycles. The summed E-state index contributed by atoms with van der Waals surface area (Å²) in [7, 11) is -4.00. The summed E-state index contributed by atoms with van der Waals surface area (Å²) in [6, 6.07) is 6.41. The highest BCUT2D eigenvalue weighted by Gasteiger charge is 2.26. The van der Waals surface area contributed by atoms with Crippen LogP contribution in [0.2, 0.25) is 5.02 Å². The number of benzene rings is 1. The quantitative estimate of drug-likeness (QED) is 0.619. The van der Waals surface area contributed by atoms with Gasteiger partial charge in [0.15, 0.2) is 0 Å². The van der Waals surface area contributed by atoms with Gasteiger partial charge in [-0.3, -0.25) is 4.79 Å².